The SMILES string of the molecule is Nc1ccc2nc(COc3ccccc3O)cn2c1. The molecule has 19 heavy (non-hydrogen) atoms. The summed E-state index contributed by atoms with van der Waals surface area (Å²) in [5.41, 5.74) is 7.97. The maximum absolute atomic E-state index is 9.60. The van der Waals surface area contributed by atoms with Gasteiger partial charge in [0.05, 0.1) is 5.69 Å². The molecule has 3 rings (SSSR count). The lowest BCUT2D eigenvalue weighted by atomic mass is 10.3. The van der Waals surface area contributed by atoms with Crippen molar-refractivity contribution >= 4 is 11.3 Å². The summed E-state index contributed by atoms with van der Waals surface area (Å²) in [4.78, 5) is 4.40. The van der Waals surface area contributed by atoms with Crippen molar-refractivity contribution in [1.82, 2.24) is 9.38 Å². The summed E-state index contributed by atoms with van der Waals surface area (Å²) < 4.78 is 7.37. The van der Waals surface area contributed by atoms with Gasteiger partial charge >= 0.3 is 0 Å². The number of para-hydroxylation sites is 2. The number of hydrogen-bond acceptors (Lipinski definition) is 4. The standard InChI is InChI=1S/C14H13N3O2/c15-10-5-6-14-16-11(8-17(14)7-10)9-19-13-4-2-1-3-12(13)18/h1-8,18H,9,15H2. The number of benzene rings is 1. The molecular weight excluding hydrogens is 242 g/mol. The van der Waals surface area contributed by atoms with Gasteiger partial charge in [-0.3, -0.25) is 0 Å². The van der Waals surface area contributed by atoms with Crippen LogP contribution in [0.15, 0.2) is 48.8 Å². The van der Waals surface area contributed by atoms with Crippen molar-refractivity contribution in [3.63, 3.8) is 0 Å². The van der Waals surface area contributed by atoms with Crippen molar-refractivity contribution in [2.75, 3.05) is 5.73 Å². The maximum atomic E-state index is 9.60. The Bertz CT molecular complexity index is 722. The van der Waals surface area contributed by atoms with Gasteiger partial charge in [0.15, 0.2) is 11.5 Å². The van der Waals surface area contributed by atoms with Crippen LogP contribution < -0.4 is 10.5 Å². The lowest BCUT2D eigenvalue weighted by Gasteiger charge is -2.05. The fraction of sp³-hybridized carbons (Fsp3) is 0.0714. The fourth-order valence-electron chi connectivity index (χ4n) is 1.86. The van der Waals surface area contributed by atoms with Crippen molar-refractivity contribution in [1.29, 1.82) is 0 Å². The number of aromatic nitrogens is 2. The maximum Gasteiger partial charge on any atom is 0.161 e. The van der Waals surface area contributed by atoms with E-state index in [0.29, 0.717) is 18.0 Å². The molecule has 5 heteroatoms. The molecule has 0 unspecified atom stereocenters. The third-order valence-electron chi connectivity index (χ3n) is 2.76. The Balaban J connectivity index is 1.80. The second-order valence-corrected chi connectivity index (χ2v) is 4.22. The number of nitrogen functional groups attached to an aromatic ring is 1. The van der Waals surface area contributed by atoms with Crippen LogP contribution in [0.25, 0.3) is 5.65 Å². The highest BCUT2D eigenvalue weighted by molar-refractivity contribution is 5.48. The van der Waals surface area contributed by atoms with E-state index >= 15 is 0 Å². The molecule has 5 nitrogen and oxygen atoms in total. The number of hydrogen-bond donors (Lipinski definition) is 2. The number of imidazole rings is 1. The van der Waals surface area contributed by atoms with Gasteiger partial charge in [0.1, 0.15) is 12.3 Å². The highest BCUT2D eigenvalue weighted by atomic mass is 16.5. The molecule has 0 amide bonds. The number of phenolic OH excluding ortho intramolecular Hbond substituents is 1. The second-order valence-electron chi connectivity index (χ2n) is 4.22. The molecule has 1 aromatic carbocycles. The second kappa shape index (κ2) is 4.53. The largest absolute Gasteiger partial charge is 0.504 e. The number of ether oxygens (including phenoxy) is 1. The number of nitrogens with two attached hydrogens (primary N) is 1. The van der Waals surface area contributed by atoms with Gasteiger partial charge in [-0.05, 0) is 24.3 Å². The van der Waals surface area contributed by atoms with Crippen LogP contribution >= 0.6 is 0 Å². The Morgan fingerprint density at radius 1 is 1.16 bits per heavy atom. The third kappa shape index (κ3) is 2.30. The molecule has 0 radical (unpaired) electrons. The Hall–Kier alpha value is -2.69. The van der Waals surface area contributed by atoms with E-state index in [0.717, 1.165) is 11.3 Å². The summed E-state index contributed by atoms with van der Waals surface area (Å²) in [5.74, 6) is 0.564. The summed E-state index contributed by atoms with van der Waals surface area (Å²) in [6.45, 7) is 0.291. The van der Waals surface area contributed by atoms with Crippen molar-refractivity contribution in [2.24, 2.45) is 0 Å². The highest BCUT2D eigenvalue weighted by Crippen LogP contribution is 2.25. The lowest BCUT2D eigenvalue weighted by molar-refractivity contribution is 0.285. The Morgan fingerprint density at radius 3 is 2.84 bits per heavy atom. The van der Waals surface area contributed by atoms with Crippen LogP contribution in [0.2, 0.25) is 0 Å². The zero-order valence-electron chi connectivity index (χ0n) is 10.2. The quantitative estimate of drug-likeness (QED) is 0.752. The van der Waals surface area contributed by atoms with Gasteiger partial charge in [-0.2, -0.15) is 0 Å². The number of phenols is 1. The minimum absolute atomic E-state index is 0.121. The molecule has 0 atom stereocenters. The number of anilines is 1. The van der Waals surface area contributed by atoms with Crippen molar-refractivity contribution in [3.05, 3.63) is 54.5 Å². The first-order valence-electron chi connectivity index (χ1n) is 5.86. The van der Waals surface area contributed by atoms with Crippen LogP contribution in [-0.4, -0.2) is 14.5 Å². The molecule has 0 saturated carbocycles. The van der Waals surface area contributed by atoms with Crippen LogP contribution in [0, 0.1) is 0 Å². The third-order valence-corrected chi connectivity index (χ3v) is 2.76. The van der Waals surface area contributed by atoms with E-state index in [1.165, 1.54) is 0 Å². The molecule has 0 bridgehead atoms. The Morgan fingerprint density at radius 2 is 2.00 bits per heavy atom. The number of nitrogens with zero attached hydrogens (tertiary/aromatic N) is 2. The number of fused-ring (bicyclic) bond motifs is 1. The average molecular weight is 255 g/mol. The minimum atomic E-state index is 0.121. The van der Waals surface area contributed by atoms with Crippen molar-refractivity contribution < 1.29 is 9.84 Å². The molecule has 0 spiro atoms. The molecule has 3 aromatic rings. The number of pyridine rings is 1. The predicted molar refractivity (Wildman–Crippen MR) is 72.0 cm³/mol. The van der Waals surface area contributed by atoms with Gasteiger partial charge in [0.25, 0.3) is 0 Å². The molecular formula is C14H13N3O2. The van der Waals surface area contributed by atoms with Crippen molar-refractivity contribution in [3.8, 4) is 11.5 Å². The highest BCUT2D eigenvalue weighted by Gasteiger charge is 2.05. The van der Waals surface area contributed by atoms with Crippen LogP contribution in [0.5, 0.6) is 11.5 Å². The molecule has 3 N–H and O–H groups in total. The van der Waals surface area contributed by atoms with Crippen LogP contribution in [0.4, 0.5) is 5.69 Å². The molecule has 0 fully saturated rings. The minimum Gasteiger partial charge on any atom is -0.504 e. The number of aromatic hydroxyl groups is 1. The molecule has 0 aliphatic rings. The molecule has 96 valence electrons. The van der Waals surface area contributed by atoms with E-state index in [1.807, 2.05) is 16.7 Å². The van der Waals surface area contributed by atoms with Gasteiger partial charge in [0.2, 0.25) is 0 Å². The summed E-state index contributed by atoms with van der Waals surface area (Å²) in [6.07, 6.45) is 3.65. The average Bonchev–Trinajstić information content (AvgIpc) is 2.79. The first-order chi connectivity index (χ1) is 9.22. The van der Waals surface area contributed by atoms with E-state index < -0.39 is 0 Å². The topological polar surface area (TPSA) is 72.8 Å². The van der Waals surface area contributed by atoms with Gasteiger partial charge < -0.3 is 20.0 Å². The molecule has 2 aromatic heterocycles. The first-order valence-corrected chi connectivity index (χ1v) is 5.86. The Labute approximate surface area is 109 Å². The van der Waals surface area contributed by atoms with Gasteiger partial charge in [-0.25, -0.2) is 4.98 Å². The summed E-state index contributed by atoms with van der Waals surface area (Å²) >= 11 is 0. The van der Waals surface area contributed by atoms with E-state index in [9.17, 15) is 5.11 Å². The molecule has 0 saturated heterocycles. The normalized spacial score (nSPS) is 10.7. The summed E-state index contributed by atoms with van der Waals surface area (Å²) in [5, 5.41) is 9.60. The van der Waals surface area contributed by atoms with Crippen molar-refractivity contribution in [2.45, 2.75) is 6.61 Å². The summed E-state index contributed by atoms with van der Waals surface area (Å²) in [6, 6.07) is 10.5. The summed E-state index contributed by atoms with van der Waals surface area (Å²) in [7, 11) is 0. The van der Waals surface area contributed by atoms with Crippen LogP contribution in [0.1, 0.15) is 5.69 Å². The van der Waals surface area contributed by atoms with E-state index in [4.69, 9.17) is 10.5 Å². The predicted octanol–water partition coefficient (Wildman–Crippen LogP) is 2.20. The zero-order valence-corrected chi connectivity index (χ0v) is 10.2. The number of rotatable bonds is 3. The zero-order chi connectivity index (χ0) is 13.2. The first kappa shape index (κ1) is 11.4. The van der Waals surface area contributed by atoms with E-state index in [1.54, 1.807) is 36.5 Å². The monoisotopic (exact) mass is 255 g/mol. The van der Waals surface area contributed by atoms with Gasteiger partial charge in [0, 0.05) is 18.1 Å². The van der Waals surface area contributed by atoms with Crippen LogP contribution in [0.3, 0.4) is 0 Å². The van der Waals surface area contributed by atoms with E-state index in [2.05, 4.69) is 4.98 Å². The van der Waals surface area contributed by atoms with E-state index in [-0.39, 0.29) is 5.75 Å². The lowest BCUT2D eigenvalue weighted by Crippen LogP contribution is -1.95. The smallest absolute Gasteiger partial charge is 0.161 e. The fourth-order valence-corrected chi connectivity index (χ4v) is 1.86. The van der Waals surface area contributed by atoms with Crippen LogP contribution in [-0.2, 0) is 6.61 Å². The Kier molecular flexibility index (Phi) is 2.72. The van der Waals surface area contributed by atoms with Gasteiger partial charge in [-0.1, -0.05) is 12.1 Å². The van der Waals surface area contributed by atoms with Gasteiger partial charge in [-0.15, -0.1) is 0 Å². The molecule has 0 aliphatic carbocycles. The molecule has 2 heterocycles. The molecule has 0 aliphatic heterocycles.